The molecule has 0 saturated heterocycles. The average molecular weight is 361 g/mol. The van der Waals surface area contributed by atoms with Gasteiger partial charge in [-0.1, -0.05) is 24.8 Å². The van der Waals surface area contributed by atoms with Crippen LogP contribution in [0.15, 0.2) is 30.8 Å². The summed E-state index contributed by atoms with van der Waals surface area (Å²) >= 11 is 0. The molecule has 23 heavy (non-hydrogen) atoms. The molecule has 0 aliphatic heterocycles. The molecule has 0 radical (unpaired) electrons. The first-order chi connectivity index (χ1) is 10.7. The Balaban J connectivity index is 0.00000484. The van der Waals surface area contributed by atoms with Gasteiger partial charge in [0.05, 0.1) is 0 Å². The number of nitrogens with one attached hydrogen (secondary N) is 2. The van der Waals surface area contributed by atoms with Gasteiger partial charge in [-0.3, -0.25) is 0 Å². The van der Waals surface area contributed by atoms with Crippen LogP contribution in [-0.4, -0.2) is 49.8 Å². The Morgan fingerprint density at radius 3 is 2.13 bits per heavy atom. The standard InChI is InChI=1S/C16H28N2O3Si.ClH/c1-5-15-7-9-16(10-8-15)18-13-12-17-11-6-14-22(19-2,20-3)21-4;/h5,7-10,17-18H,1,6,11-14H2,2-4H3;1H. The van der Waals surface area contributed by atoms with Crippen LogP contribution in [0.25, 0.3) is 6.08 Å². The van der Waals surface area contributed by atoms with Gasteiger partial charge in [-0.15, -0.1) is 12.4 Å². The Kier molecular flexibility index (Phi) is 12.0. The topological polar surface area (TPSA) is 51.8 Å². The maximum absolute atomic E-state index is 5.39. The molecule has 0 heterocycles. The number of hydrogen-bond donors (Lipinski definition) is 2. The summed E-state index contributed by atoms with van der Waals surface area (Å²) in [5, 5.41) is 6.77. The summed E-state index contributed by atoms with van der Waals surface area (Å²) in [7, 11) is 2.53. The van der Waals surface area contributed by atoms with Crippen molar-refractivity contribution in [3.8, 4) is 0 Å². The highest BCUT2D eigenvalue weighted by Gasteiger charge is 2.36. The lowest BCUT2D eigenvalue weighted by Crippen LogP contribution is -2.43. The van der Waals surface area contributed by atoms with Crippen molar-refractivity contribution in [3.05, 3.63) is 36.4 Å². The Labute approximate surface area is 147 Å². The lowest BCUT2D eigenvalue weighted by molar-refractivity contribution is 0.123. The molecule has 0 aliphatic carbocycles. The van der Waals surface area contributed by atoms with Gasteiger partial charge < -0.3 is 23.9 Å². The van der Waals surface area contributed by atoms with Crippen LogP contribution in [0.4, 0.5) is 5.69 Å². The van der Waals surface area contributed by atoms with E-state index in [9.17, 15) is 0 Å². The van der Waals surface area contributed by atoms with Gasteiger partial charge in [0.15, 0.2) is 0 Å². The molecule has 1 aromatic carbocycles. The third-order valence-electron chi connectivity index (χ3n) is 3.55. The summed E-state index contributed by atoms with van der Waals surface area (Å²) in [6.45, 7) is 6.46. The molecular formula is C16H29ClN2O3Si. The minimum absolute atomic E-state index is 0. The van der Waals surface area contributed by atoms with Crippen molar-refractivity contribution in [3.63, 3.8) is 0 Å². The summed E-state index contributed by atoms with van der Waals surface area (Å²) in [6, 6.07) is 9.04. The molecule has 0 amide bonds. The van der Waals surface area contributed by atoms with E-state index in [1.807, 2.05) is 18.2 Å². The van der Waals surface area contributed by atoms with Crippen LogP contribution in [0, 0.1) is 0 Å². The Bertz CT molecular complexity index is 420. The van der Waals surface area contributed by atoms with E-state index in [2.05, 4.69) is 29.3 Å². The number of anilines is 1. The zero-order valence-corrected chi connectivity index (χ0v) is 16.1. The second-order valence-electron chi connectivity index (χ2n) is 4.90. The third kappa shape index (κ3) is 7.96. The fourth-order valence-corrected chi connectivity index (χ4v) is 3.87. The molecule has 0 bridgehead atoms. The highest BCUT2D eigenvalue weighted by molar-refractivity contribution is 6.60. The van der Waals surface area contributed by atoms with Crippen LogP contribution in [-0.2, 0) is 13.3 Å². The van der Waals surface area contributed by atoms with Crippen LogP contribution in [0.2, 0.25) is 6.04 Å². The minimum atomic E-state index is -2.41. The van der Waals surface area contributed by atoms with Crippen molar-refractivity contribution in [2.45, 2.75) is 12.5 Å². The summed E-state index contributed by atoms with van der Waals surface area (Å²) in [5.74, 6) is 0. The SMILES string of the molecule is C=Cc1ccc(NCCNCCC[Si](OC)(OC)OC)cc1.Cl. The molecule has 7 heteroatoms. The van der Waals surface area contributed by atoms with Gasteiger partial charge in [0.25, 0.3) is 0 Å². The lowest BCUT2D eigenvalue weighted by Gasteiger charge is -2.24. The second-order valence-corrected chi connectivity index (χ2v) is 7.99. The van der Waals surface area contributed by atoms with Crippen molar-refractivity contribution in [1.82, 2.24) is 5.32 Å². The predicted octanol–water partition coefficient (Wildman–Crippen LogP) is 3.02. The zero-order valence-electron chi connectivity index (χ0n) is 14.3. The maximum atomic E-state index is 5.39. The zero-order chi connectivity index (χ0) is 16.3. The largest absolute Gasteiger partial charge is 0.500 e. The van der Waals surface area contributed by atoms with Crippen LogP contribution in [0.3, 0.4) is 0 Å². The Morgan fingerprint density at radius 1 is 1.00 bits per heavy atom. The summed E-state index contributed by atoms with van der Waals surface area (Å²) in [5.41, 5.74) is 2.25. The van der Waals surface area contributed by atoms with Crippen LogP contribution in [0.1, 0.15) is 12.0 Å². The molecule has 2 N–H and O–H groups in total. The molecule has 0 saturated carbocycles. The highest BCUT2D eigenvalue weighted by atomic mass is 35.5. The molecule has 5 nitrogen and oxygen atoms in total. The van der Waals surface area contributed by atoms with Crippen molar-refractivity contribution < 1.29 is 13.3 Å². The van der Waals surface area contributed by atoms with Crippen molar-refractivity contribution in [2.75, 3.05) is 46.3 Å². The Morgan fingerprint density at radius 2 is 1.61 bits per heavy atom. The quantitative estimate of drug-likeness (QED) is 0.443. The van der Waals surface area contributed by atoms with Gasteiger partial charge in [0.2, 0.25) is 0 Å². The van der Waals surface area contributed by atoms with Gasteiger partial charge in [-0.25, -0.2) is 0 Å². The highest BCUT2D eigenvalue weighted by Crippen LogP contribution is 2.14. The molecule has 1 aromatic rings. The first-order valence-electron chi connectivity index (χ1n) is 7.52. The fourth-order valence-electron chi connectivity index (χ4n) is 2.14. The van der Waals surface area contributed by atoms with Crippen molar-refractivity contribution >= 4 is 33.0 Å². The van der Waals surface area contributed by atoms with E-state index in [1.165, 1.54) is 0 Å². The lowest BCUT2D eigenvalue weighted by atomic mass is 10.2. The van der Waals surface area contributed by atoms with E-state index in [4.69, 9.17) is 13.3 Å². The van der Waals surface area contributed by atoms with E-state index < -0.39 is 8.80 Å². The monoisotopic (exact) mass is 360 g/mol. The number of benzene rings is 1. The van der Waals surface area contributed by atoms with Gasteiger partial charge in [-0.2, -0.15) is 0 Å². The molecule has 0 atom stereocenters. The number of rotatable bonds is 12. The fraction of sp³-hybridized carbons (Fsp3) is 0.500. The predicted molar refractivity (Wildman–Crippen MR) is 101 cm³/mol. The normalized spacial score (nSPS) is 10.9. The smallest absolute Gasteiger partial charge is 0.384 e. The van der Waals surface area contributed by atoms with E-state index in [-0.39, 0.29) is 12.4 Å². The first kappa shape index (κ1) is 22.1. The Hall–Kier alpha value is -0.893. The van der Waals surface area contributed by atoms with Gasteiger partial charge >= 0.3 is 8.80 Å². The van der Waals surface area contributed by atoms with Gasteiger partial charge in [0.1, 0.15) is 0 Å². The molecule has 0 aliphatic rings. The van der Waals surface area contributed by atoms with Crippen molar-refractivity contribution in [1.29, 1.82) is 0 Å². The molecule has 0 aromatic heterocycles. The third-order valence-corrected chi connectivity index (χ3v) is 6.38. The van der Waals surface area contributed by atoms with E-state index >= 15 is 0 Å². The molecule has 0 fully saturated rings. The van der Waals surface area contributed by atoms with E-state index in [0.29, 0.717) is 0 Å². The molecule has 0 unspecified atom stereocenters. The van der Waals surface area contributed by atoms with E-state index in [1.54, 1.807) is 21.3 Å². The molecule has 1 rings (SSSR count). The van der Waals surface area contributed by atoms with Crippen molar-refractivity contribution in [2.24, 2.45) is 0 Å². The second kappa shape index (κ2) is 12.5. The van der Waals surface area contributed by atoms with Gasteiger partial charge in [-0.05, 0) is 30.7 Å². The summed E-state index contributed by atoms with van der Waals surface area (Å²) < 4.78 is 16.2. The first-order valence-corrected chi connectivity index (χ1v) is 9.45. The summed E-state index contributed by atoms with van der Waals surface area (Å²) in [4.78, 5) is 0. The van der Waals surface area contributed by atoms with Crippen LogP contribution < -0.4 is 10.6 Å². The molecule has 132 valence electrons. The van der Waals surface area contributed by atoms with Gasteiger partial charge in [0, 0.05) is 46.2 Å². The summed E-state index contributed by atoms with van der Waals surface area (Å²) in [6.07, 6.45) is 2.81. The van der Waals surface area contributed by atoms with Crippen LogP contribution >= 0.6 is 12.4 Å². The maximum Gasteiger partial charge on any atom is 0.500 e. The van der Waals surface area contributed by atoms with E-state index in [0.717, 1.165) is 43.4 Å². The minimum Gasteiger partial charge on any atom is -0.384 e. The molecular weight excluding hydrogens is 332 g/mol. The number of hydrogen-bond acceptors (Lipinski definition) is 5. The molecule has 0 spiro atoms. The van der Waals surface area contributed by atoms with Crippen LogP contribution in [0.5, 0.6) is 0 Å². The average Bonchev–Trinajstić information content (AvgIpc) is 2.58. The number of halogens is 1.